The Kier molecular flexibility index (Phi) is 3.61. The van der Waals surface area contributed by atoms with Crippen LogP contribution in [0.1, 0.15) is 16.7 Å². The number of hydrogen-bond donors (Lipinski definition) is 1. The van der Waals surface area contributed by atoms with Crippen molar-refractivity contribution in [3.05, 3.63) is 59.2 Å². The molecule has 2 aromatic carbocycles. The Balaban J connectivity index is 2.14. The molecule has 0 fully saturated rings. The number of hydrogen-bond acceptors (Lipinski definition) is 4. The number of rotatable bonds is 3. The van der Waals surface area contributed by atoms with Crippen LogP contribution in [0, 0.1) is 11.5 Å². The monoisotopic (exact) mass is 313 g/mol. The normalized spacial score (nSPS) is 13.7. The maximum atomic E-state index is 11.4. The molecule has 22 heavy (non-hydrogen) atoms. The van der Waals surface area contributed by atoms with Crippen molar-refractivity contribution in [2.75, 3.05) is 0 Å². The van der Waals surface area contributed by atoms with Gasteiger partial charge in [0.05, 0.1) is 18.8 Å². The largest absolute Gasteiger partial charge is 0.302 e. The van der Waals surface area contributed by atoms with Crippen LogP contribution in [0.4, 0.5) is 0 Å². The van der Waals surface area contributed by atoms with Gasteiger partial charge in [-0.3, -0.25) is 0 Å². The first-order chi connectivity index (χ1) is 10.5. The van der Waals surface area contributed by atoms with Crippen LogP contribution in [0.5, 0.6) is 0 Å². The average Bonchev–Trinajstić information content (AvgIpc) is 2.88. The molecular weight excluding hydrogens is 298 g/mol. The predicted molar refractivity (Wildman–Crippen MR) is 83.5 cm³/mol. The Morgan fingerprint density at radius 3 is 2.55 bits per heavy atom. The zero-order valence-corrected chi connectivity index (χ0v) is 12.7. The third kappa shape index (κ3) is 2.96. The molecule has 0 bridgehead atoms. The molecule has 0 saturated carbocycles. The summed E-state index contributed by atoms with van der Waals surface area (Å²) in [4.78, 5) is 1.65. The van der Waals surface area contributed by atoms with E-state index >= 15 is 0 Å². The molecule has 0 atom stereocenters. The summed E-state index contributed by atoms with van der Waals surface area (Å²) in [6, 6.07) is 13.5. The molecule has 0 aliphatic carbocycles. The van der Waals surface area contributed by atoms with E-state index in [0.29, 0.717) is 18.7 Å². The highest BCUT2D eigenvalue weighted by Crippen LogP contribution is 2.34. The standard InChI is InChI=1S/C16H15N3O2S/c17-11-19-8-14-6-12(10-22(18,20)21)7-15(16(14)9-19)13-4-2-1-3-5-13/h1-7H,8-10H2,(H2,18,20,21). The fraction of sp³-hybridized carbons (Fsp3) is 0.188. The van der Waals surface area contributed by atoms with E-state index in [9.17, 15) is 8.42 Å². The zero-order valence-electron chi connectivity index (χ0n) is 11.9. The Hall–Kier alpha value is -2.36. The minimum absolute atomic E-state index is 0.202. The van der Waals surface area contributed by atoms with Crippen LogP contribution < -0.4 is 5.14 Å². The number of fused-ring (bicyclic) bond motifs is 1. The van der Waals surface area contributed by atoms with Gasteiger partial charge in [-0.1, -0.05) is 36.4 Å². The van der Waals surface area contributed by atoms with E-state index < -0.39 is 10.0 Å². The molecule has 1 heterocycles. The second-order valence-electron chi connectivity index (χ2n) is 5.41. The first kappa shape index (κ1) is 14.6. The van der Waals surface area contributed by atoms with Gasteiger partial charge in [0.2, 0.25) is 10.0 Å². The van der Waals surface area contributed by atoms with Crippen molar-refractivity contribution < 1.29 is 8.42 Å². The summed E-state index contributed by atoms with van der Waals surface area (Å²) >= 11 is 0. The average molecular weight is 313 g/mol. The Labute approximate surface area is 129 Å². The van der Waals surface area contributed by atoms with Crippen molar-refractivity contribution in [3.8, 4) is 17.3 Å². The van der Waals surface area contributed by atoms with Crippen molar-refractivity contribution in [3.63, 3.8) is 0 Å². The Bertz CT molecular complexity index is 855. The van der Waals surface area contributed by atoms with Gasteiger partial charge in [-0.15, -0.1) is 0 Å². The first-order valence-electron chi connectivity index (χ1n) is 6.81. The quantitative estimate of drug-likeness (QED) is 0.877. The summed E-state index contributed by atoms with van der Waals surface area (Å²) in [6.45, 7) is 1.05. The minimum Gasteiger partial charge on any atom is -0.302 e. The van der Waals surface area contributed by atoms with Gasteiger partial charge >= 0.3 is 0 Å². The molecule has 0 aromatic heterocycles. The van der Waals surface area contributed by atoms with E-state index in [1.54, 1.807) is 4.90 Å². The number of nitrogens with zero attached hydrogens (tertiary/aromatic N) is 2. The van der Waals surface area contributed by atoms with Crippen molar-refractivity contribution in [2.24, 2.45) is 5.14 Å². The van der Waals surface area contributed by atoms with Gasteiger partial charge in [0, 0.05) is 0 Å². The Morgan fingerprint density at radius 1 is 1.18 bits per heavy atom. The van der Waals surface area contributed by atoms with Gasteiger partial charge in [-0.2, -0.15) is 5.26 Å². The lowest BCUT2D eigenvalue weighted by atomic mass is 9.95. The molecule has 0 radical (unpaired) electrons. The van der Waals surface area contributed by atoms with Crippen molar-refractivity contribution in [2.45, 2.75) is 18.8 Å². The summed E-state index contributed by atoms with van der Waals surface area (Å²) in [7, 11) is -3.59. The molecule has 2 aromatic rings. The number of benzene rings is 2. The van der Waals surface area contributed by atoms with Crippen LogP contribution in [0.15, 0.2) is 42.5 Å². The van der Waals surface area contributed by atoms with E-state index in [2.05, 4.69) is 6.19 Å². The smallest absolute Gasteiger partial charge is 0.213 e. The lowest BCUT2D eigenvalue weighted by Gasteiger charge is -2.11. The van der Waals surface area contributed by atoms with Gasteiger partial charge in [0.15, 0.2) is 6.19 Å². The highest BCUT2D eigenvalue weighted by atomic mass is 32.2. The molecular formula is C16H15N3O2S. The molecule has 0 saturated heterocycles. The van der Waals surface area contributed by atoms with E-state index in [0.717, 1.165) is 22.3 Å². The number of nitriles is 1. The van der Waals surface area contributed by atoms with E-state index in [1.165, 1.54) is 0 Å². The van der Waals surface area contributed by atoms with Crippen molar-refractivity contribution in [1.29, 1.82) is 5.26 Å². The molecule has 6 heteroatoms. The highest BCUT2D eigenvalue weighted by Gasteiger charge is 2.23. The van der Waals surface area contributed by atoms with Crippen LogP contribution in [0.25, 0.3) is 11.1 Å². The SMILES string of the molecule is N#CN1Cc2cc(CS(N)(=O)=O)cc(-c3ccccc3)c2C1. The fourth-order valence-electron chi connectivity index (χ4n) is 2.84. The molecule has 3 rings (SSSR count). The molecule has 112 valence electrons. The lowest BCUT2D eigenvalue weighted by molar-refractivity contribution is 0.417. The third-order valence-electron chi connectivity index (χ3n) is 3.71. The maximum absolute atomic E-state index is 11.4. The summed E-state index contributed by atoms with van der Waals surface area (Å²) in [5.41, 5.74) is 4.69. The lowest BCUT2D eigenvalue weighted by Crippen LogP contribution is -2.14. The van der Waals surface area contributed by atoms with Gasteiger partial charge in [-0.25, -0.2) is 13.6 Å². The van der Waals surface area contributed by atoms with Crippen LogP contribution in [-0.2, 0) is 28.9 Å². The molecule has 5 nitrogen and oxygen atoms in total. The summed E-state index contributed by atoms with van der Waals surface area (Å²) in [6.07, 6.45) is 2.15. The predicted octanol–water partition coefficient (Wildman–Crippen LogP) is 1.94. The molecule has 0 amide bonds. The second-order valence-corrected chi connectivity index (χ2v) is 7.02. The van der Waals surface area contributed by atoms with Crippen LogP contribution in [0.3, 0.4) is 0 Å². The molecule has 0 unspecified atom stereocenters. The third-order valence-corrected chi connectivity index (χ3v) is 4.44. The van der Waals surface area contributed by atoms with E-state index in [-0.39, 0.29) is 5.75 Å². The van der Waals surface area contributed by atoms with Crippen molar-refractivity contribution in [1.82, 2.24) is 4.90 Å². The Morgan fingerprint density at radius 2 is 1.91 bits per heavy atom. The zero-order chi connectivity index (χ0) is 15.7. The van der Waals surface area contributed by atoms with E-state index in [4.69, 9.17) is 10.4 Å². The number of primary sulfonamides is 1. The van der Waals surface area contributed by atoms with Crippen LogP contribution in [-0.4, -0.2) is 13.3 Å². The molecule has 1 aliphatic rings. The van der Waals surface area contributed by atoms with Gasteiger partial charge < -0.3 is 4.90 Å². The molecule has 2 N–H and O–H groups in total. The van der Waals surface area contributed by atoms with E-state index in [1.807, 2.05) is 42.5 Å². The minimum atomic E-state index is -3.59. The molecule has 1 aliphatic heterocycles. The maximum Gasteiger partial charge on any atom is 0.213 e. The summed E-state index contributed by atoms with van der Waals surface area (Å²) < 4.78 is 22.8. The second kappa shape index (κ2) is 5.44. The first-order valence-corrected chi connectivity index (χ1v) is 8.53. The summed E-state index contributed by atoms with van der Waals surface area (Å²) in [5, 5.41) is 14.3. The fourth-order valence-corrected chi connectivity index (χ4v) is 3.47. The van der Waals surface area contributed by atoms with Crippen molar-refractivity contribution >= 4 is 10.0 Å². The highest BCUT2D eigenvalue weighted by molar-refractivity contribution is 7.88. The van der Waals surface area contributed by atoms with Gasteiger partial charge in [0.25, 0.3) is 0 Å². The number of sulfonamides is 1. The molecule has 0 spiro atoms. The number of nitrogens with two attached hydrogens (primary N) is 1. The summed E-state index contributed by atoms with van der Waals surface area (Å²) in [5.74, 6) is -0.202. The topological polar surface area (TPSA) is 87.2 Å². The van der Waals surface area contributed by atoms with Crippen LogP contribution >= 0.6 is 0 Å². The van der Waals surface area contributed by atoms with Gasteiger partial charge in [0.1, 0.15) is 0 Å². The van der Waals surface area contributed by atoms with Crippen LogP contribution in [0.2, 0.25) is 0 Å². The van der Waals surface area contributed by atoms with Gasteiger partial charge in [-0.05, 0) is 33.9 Å².